The lowest BCUT2D eigenvalue weighted by molar-refractivity contribution is -0.148. The molecule has 1 unspecified atom stereocenters. The molecule has 0 bridgehead atoms. The van der Waals surface area contributed by atoms with Crippen LogP contribution in [-0.4, -0.2) is 65.2 Å². The maximum Gasteiger partial charge on any atom is 0.326 e. The SMILES string of the molecule is CCC.CNC(C)(C)C(=O)NCC(=O)OC(/C=C/CCSC(C)=O)CC(=O)NCc1nc(C=O)cs1. The Labute approximate surface area is 221 Å². The number of hydrogen-bond donors (Lipinski definition) is 3. The Morgan fingerprint density at radius 3 is 2.44 bits per heavy atom. The molecule has 0 spiro atoms. The summed E-state index contributed by atoms with van der Waals surface area (Å²) in [5, 5.41) is 10.2. The van der Waals surface area contributed by atoms with E-state index in [2.05, 4.69) is 34.8 Å². The first-order valence-electron chi connectivity index (χ1n) is 11.6. The molecule has 0 saturated carbocycles. The van der Waals surface area contributed by atoms with Crippen molar-refractivity contribution >= 4 is 52.3 Å². The number of esters is 1. The highest BCUT2D eigenvalue weighted by Gasteiger charge is 2.26. The number of ether oxygens (including phenoxy) is 1. The number of aromatic nitrogens is 1. The topological polar surface area (TPSA) is 144 Å². The van der Waals surface area contributed by atoms with E-state index < -0.39 is 17.6 Å². The number of amides is 2. The fraction of sp³-hybridized carbons (Fsp3) is 0.583. The molecule has 36 heavy (non-hydrogen) atoms. The molecule has 1 aromatic heterocycles. The van der Waals surface area contributed by atoms with Gasteiger partial charge in [-0.3, -0.25) is 24.0 Å². The fourth-order valence-electron chi connectivity index (χ4n) is 2.25. The summed E-state index contributed by atoms with van der Waals surface area (Å²) in [5.41, 5.74) is -0.557. The number of nitrogens with zero attached hydrogens (tertiary/aromatic N) is 1. The summed E-state index contributed by atoms with van der Waals surface area (Å²) in [6.07, 6.45) is 4.77. The molecule has 1 heterocycles. The van der Waals surface area contributed by atoms with Crippen LogP contribution >= 0.6 is 23.1 Å². The van der Waals surface area contributed by atoms with Gasteiger partial charge in [0.15, 0.2) is 11.4 Å². The summed E-state index contributed by atoms with van der Waals surface area (Å²) in [6, 6.07) is 0. The number of nitrogens with one attached hydrogen (secondary N) is 3. The number of carbonyl (C=O) groups is 5. The standard InChI is InChI=1S/C21H30N4O6S2.C3H8/c1-14(27)32-8-6-5-7-16(31-19(29)11-24-20(30)21(2,3)22-4)9-17(28)23-10-18-25-15(12-26)13-33-18;1-3-2/h5,7,12-13,16,22H,6,8-11H2,1-4H3,(H,23,28)(H,24,30);3H2,1-2H3/b7-5+;. The summed E-state index contributed by atoms with van der Waals surface area (Å²) < 4.78 is 5.36. The smallest absolute Gasteiger partial charge is 0.326 e. The third-order valence-corrected chi connectivity index (χ3v) is 6.04. The molecule has 2 amide bonds. The molecule has 10 nitrogen and oxygen atoms in total. The number of thiazole rings is 1. The first-order valence-corrected chi connectivity index (χ1v) is 13.5. The molecule has 0 saturated heterocycles. The van der Waals surface area contributed by atoms with Crippen LogP contribution < -0.4 is 16.0 Å². The average Bonchev–Trinajstić information content (AvgIpc) is 3.29. The van der Waals surface area contributed by atoms with Gasteiger partial charge >= 0.3 is 5.97 Å². The predicted molar refractivity (Wildman–Crippen MR) is 143 cm³/mol. The lowest BCUT2D eigenvalue weighted by Crippen LogP contribution is -2.52. The van der Waals surface area contributed by atoms with E-state index in [1.807, 2.05) is 0 Å². The van der Waals surface area contributed by atoms with Gasteiger partial charge in [-0.05, 0) is 33.4 Å². The van der Waals surface area contributed by atoms with Crippen molar-refractivity contribution in [3.8, 4) is 0 Å². The molecular weight excluding hydrogens is 504 g/mol. The molecule has 0 aliphatic carbocycles. The minimum atomic E-state index is -0.854. The second kappa shape index (κ2) is 18.7. The number of aldehydes is 1. The van der Waals surface area contributed by atoms with Crippen molar-refractivity contribution in [3.05, 3.63) is 28.2 Å². The monoisotopic (exact) mass is 542 g/mol. The number of rotatable bonds is 14. The van der Waals surface area contributed by atoms with Crippen molar-refractivity contribution in [2.24, 2.45) is 0 Å². The predicted octanol–water partition coefficient (Wildman–Crippen LogP) is 2.63. The molecule has 0 aliphatic heterocycles. The second-order valence-corrected chi connectivity index (χ2v) is 10.3. The average molecular weight is 543 g/mol. The number of thioether (sulfide) groups is 1. The molecular formula is C24H38N4O6S2. The van der Waals surface area contributed by atoms with Gasteiger partial charge < -0.3 is 20.7 Å². The number of hydrogen-bond acceptors (Lipinski definition) is 10. The van der Waals surface area contributed by atoms with Crippen molar-refractivity contribution in [2.45, 2.75) is 72.1 Å². The Hall–Kier alpha value is -2.57. The zero-order valence-corrected chi connectivity index (χ0v) is 23.5. The van der Waals surface area contributed by atoms with Crippen LogP contribution in [0.3, 0.4) is 0 Å². The quantitative estimate of drug-likeness (QED) is 0.140. The van der Waals surface area contributed by atoms with E-state index in [-0.39, 0.29) is 36.4 Å². The molecule has 0 radical (unpaired) electrons. The molecule has 3 N–H and O–H groups in total. The van der Waals surface area contributed by atoms with Crippen LogP contribution in [0.4, 0.5) is 0 Å². The molecule has 202 valence electrons. The van der Waals surface area contributed by atoms with Crippen molar-refractivity contribution in [1.82, 2.24) is 20.9 Å². The van der Waals surface area contributed by atoms with Gasteiger partial charge in [-0.2, -0.15) is 0 Å². The van der Waals surface area contributed by atoms with Crippen LogP contribution in [-0.2, 0) is 30.5 Å². The molecule has 0 fully saturated rings. The van der Waals surface area contributed by atoms with Gasteiger partial charge in [0.25, 0.3) is 0 Å². The fourth-order valence-corrected chi connectivity index (χ4v) is 3.47. The number of carbonyl (C=O) groups excluding carboxylic acids is 5. The molecule has 0 aromatic carbocycles. The zero-order valence-electron chi connectivity index (χ0n) is 21.8. The Morgan fingerprint density at radius 1 is 1.22 bits per heavy atom. The molecule has 12 heteroatoms. The van der Waals surface area contributed by atoms with Gasteiger partial charge in [-0.1, -0.05) is 38.1 Å². The molecule has 1 rings (SSSR count). The van der Waals surface area contributed by atoms with E-state index in [4.69, 9.17) is 4.74 Å². The van der Waals surface area contributed by atoms with Gasteiger partial charge in [0.2, 0.25) is 11.8 Å². The van der Waals surface area contributed by atoms with Crippen molar-refractivity contribution in [3.63, 3.8) is 0 Å². The summed E-state index contributed by atoms with van der Waals surface area (Å²) in [4.78, 5) is 62.4. The molecule has 0 aliphatic rings. The van der Waals surface area contributed by atoms with Gasteiger partial charge in [-0.15, -0.1) is 11.3 Å². The Balaban J connectivity index is 0.00000387. The number of allylic oxidation sites excluding steroid dienone is 1. The highest BCUT2D eigenvalue weighted by Crippen LogP contribution is 2.10. The largest absolute Gasteiger partial charge is 0.456 e. The first-order chi connectivity index (χ1) is 17.0. The summed E-state index contributed by atoms with van der Waals surface area (Å²) in [7, 11) is 1.63. The summed E-state index contributed by atoms with van der Waals surface area (Å²) >= 11 is 2.42. The van der Waals surface area contributed by atoms with E-state index in [9.17, 15) is 24.0 Å². The van der Waals surface area contributed by atoms with E-state index in [0.29, 0.717) is 29.2 Å². The van der Waals surface area contributed by atoms with Crippen LogP contribution in [0, 0.1) is 0 Å². The van der Waals surface area contributed by atoms with Gasteiger partial charge in [0, 0.05) is 18.1 Å². The number of likely N-dealkylation sites (N-methyl/N-ethyl adjacent to an activating group) is 1. The lowest BCUT2D eigenvalue weighted by Gasteiger charge is -2.22. The van der Waals surface area contributed by atoms with Crippen LogP contribution in [0.1, 0.15) is 69.4 Å². The summed E-state index contributed by atoms with van der Waals surface area (Å²) in [6.45, 7) is 8.87. The molecule has 1 aromatic rings. The molecule has 1 atom stereocenters. The lowest BCUT2D eigenvalue weighted by atomic mass is 10.1. The normalized spacial score (nSPS) is 11.7. The van der Waals surface area contributed by atoms with E-state index in [1.165, 1.54) is 36.4 Å². The second-order valence-electron chi connectivity index (χ2n) is 8.11. The highest BCUT2D eigenvalue weighted by molar-refractivity contribution is 8.13. The zero-order chi connectivity index (χ0) is 27.6. The maximum absolute atomic E-state index is 12.3. The first kappa shape index (κ1) is 33.4. The summed E-state index contributed by atoms with van der Waals surface area (Å²) in [5.74, 6) is -0.868. The van der Waals surface area contributed by atoms with Crippen molar-refractivity contribution in [1.29, 1.82) is 0 Å². The third kappa shape index (κ3) is 15.4. The van der Waals surface area contributed by atoms with Crippen molar-refractivity contribution < 1.29 is 28.7 Å². The Kier molecular flexibility index (Phi) is 17.3. The minimum Gasteiger partial charge on any atom is -0.456 e. The minimum absolute atomic E-state index is 0.00548. The maximum atomic E-state index is 12.3. The van der Waals surface area contributed by atoms with Crippen molar-refractivity contribution in [2.75, 3.05) is 19.3 Å². The van der Waals surface area contributed by atoms with E-state index >= 15 is 0 Å². The van der Waals surface area contributed by atoms with Crippen LogP contribution in [0.2, 0.25) is 0 Å². The van der Waals surface area contributed by atoms with Gasteiger partial charge in [0.1, 0.15) is 23.4 Å². The Morgan fingerprint density at radius 2 is 1.89 bits per heavy atom. The van der Waals surface area contributed by atoms with Gasteiger partial charge in [0.05, 0.1) is 18.5 Å². The van der Waals surface area contributed by atoms with Crippen LogP contribution in [0.25, 0.3) is 0 Å². The highest BCUT2D eigenvalue weighted by atomic mass is 32.2. The van der Waals surface area contributed by atoms with Gasteiger partial charge in [-0.25, -0.2) is 4.98 Å². The van der Waals surface area contributed by atoms with E-state index in [1.54, 1.807) is 38.4 Å². The third-order valence-electron chi connectivity index (χ3n) is 4.32. The van der Waals surface area contributed by atoms with Crippen LogP contribution in [0.15, 0.2) is 17.5 Å². The van der Waals surface area contributed by atoms with E-state index in [0.717, 1.165) is 0 Å². The Bertz CT molecular complexity index is 886. The van der Waals surface area contributed by atoms with Crippen LogP contribution in [0.5, 0.6) is 0 Å².